The SMILES string of the molecule is CC(C)(C)C(CCC#CCOC1CCCCO1)C(O[SiH3])(c1ccccc1)c1ccccc1. The molecule has 0 amide bonds. The van der Waals surface area contributed by atoms with Gasteiger partial charge in [-0.3, -0.25) is 0 Å². The van der Waals surface area contributed by atoms with Crippen LogP contribution >= 0.6 is 0 Å². The summed E-state index contributed by atoms with van der Waals surface area (Å²) in [5.74, 6) is 6.81. The second-order valence-corrected chi connectivity index (χ2v) is 10.00. The number of hydrogen-bond donors (Lipinski definition) is 0. The minimum absolute atomic E-state index is 0.0320. The zero-order valence-electron chi connectivity index (χ0n) is 20.1. The summed E-state index contributed by atoms with van der Waals surface area (Å²) in [5, 5.41) is 0. The fourth-order valence-corrected chi connectivity index (χ4v) is 5.65. The van der Waals surface area contributed by atoms with Gasteiger partial charge in [-0.15, -0.1) is 5.92 Å². The molecule has 1 heterocycles. The summed E-state index contributed by atoms with van der Waals surface area (Å²) in [5.41, 5.74) is 1.98. The second kappa shape index (κ2) is 11.8. The van der Waals surface area contributed by atoms with E-state index in [0.29, 0.717) is 17.1 Å². The summed E-state index contributed by atoms with van der Waals surface area (Å²) in [6.45, 7) is 8.18. The number of ether oxygens (including phenoxy) is 2. The summed E-state index contributed by atoms with van der Waals surface area (Å²) in [6, 6.07) is 21.4. The van der Waals surface area contributed by atoms with Crippen molar-refractivity contribution in [2.75, 3.05) is 13.2 Å². The first-order valence-electron chi connectivity index (χ1n) is 11.8. The van der Waals surface area contributed by atoms with E-state index in [-0.39, 0.29) is 17.6 Å². The maximum atomic E-state index is 6.61. The van der Waals surface area contributed by atoms with Gasteiger partial charge in [-0.25, -0.2) is 0 Å². The summed E-state index contributed by atoms with van der Waals surface area (Å²) in [7, 11) is 0.642. The molecule has 172 valence electrons. The average molecular weight is 451 g/mol. The molecular weight excluding hydrogens is 412 g/mol. The smallest absolute Gasteiger partial charge is 0.158 e. The Morgan fingerprint density at radius 3 is 2.09 bits per heavy atom. The lowest BCUT2D eigenvalue weighted by atomic mass is 9.63. The van der Waals surface area contributed by atoms with Crippen molar-refractivity contribution in [3.05, 3.63) is 71.8 Å². The van der Waals surface area contributed by atoms with E-state index in [4.69, 9.17) is 13.9 Å². The van der Waals surface area contributed by atoms with E-state index in [9.17, 15) is 0 Å². The van der Waals surface area contributed by atoms with Gasteiger partial charge in [0.1, 0.15) is 22.7 Å². The maximum Gasteiger partial charge on any atom is 0.158 e. The zero-order valence-corrected chi connectivity index (χ0v) is 22.1. The highest BCUT2D eigenvalue weighted by molar-refractivity contribution is 5.98. The van der Waals surface area contributed by atoms with E-state index in [1.807, 2.05) is 0 Å². The molecule has 1 fully saturated rings. The molecule has 2 aromatic carbocycles. The Bertz CT molecular complexity index is 819. The fourth-order valence-electron chi connectivity index (χ4n) is 4.90. The lowest BCUT2D eigenvalue weighted by molar-refractivity contribution is -0.154. The highest BCUT2D eigenvalue weighted by atomic mass is 28.2. The van der Waals surface area contributed by atoms with Crippen LogP contribution in [0.2, 0.25) is 0 Å². The van der Waals surface area contributed by atoms with Crippen molar-refractivity contribution in [1.82, 2.24) is 0 Å². The van der Waals surface area contributed by atoms with Crippen LogP contribution in [-0.4, -0.2) is 30.0 Å². The van der Waals surface area contributed by atoms with E-state index >= 15 is 0 Å². The van der Waals surface area contributed by atoms with Gasteiger partial charge in [0.2, 0.25) is 0 Å². The van der Waals surface area contributed by atoms with Crippen molar-refractivity contribution < 1.29 is 13.9 Å². The zero-order chi connectivity index (χ0) is 22.9. The molecule has 0 aliphatic carbocycles. The highest BCUT2D eigenvalue weighted by Crippen LogP contribution is 2.49. The van der Waals surface area contributed by atoms with E-state index in [1.165, 1.54) is 17.5 Å². The first kappa shape index (κ1) is 24.7. The molecule has 0 aromatic heterocycles. The molecule has 0 spiro atoms. The Balaban J connectivity index is 1.81. The monoisotopic (exact) mass is 450 g/mol. The number of rotatable bonds is 8. The molecule has 2 aromatic rings. The first-order valence-corrected chi connectivity index (χ1v) is 12.6. The van der Waals surface area contributed by atoms with E-state index < -0.39 is 5.60 Å². The van der Waals surface area contributed by atoms with Crippen LogP contribution in [0.15, 0.2) is 60.7 Å². The van der Waals surface area contributed by atoms with Gasteiger partial charge in [-0.05, 0) is 42.2 Å². The second-order valence-electron chi connectivity index (χ2n) is 9.59. The summed E-state index contributed by atoms with van der Waals surface area (Å²) in [6.07, 6.45) is 4.95. The fraction of sp³-hybridized carbons (Fsp3) is 0.500. The quantitative estimate of drug-likeness (QED) is 0.408. The largest absolute Gasteiger partial charge is 0.414 e. The van der Waals surface area contributed by atoms with Crippen LogP contribution in [-0.2, 0) is 19.5 Å². The van der Waals surface area contributed by atoms with Gasteiger partial charge >= 0.3 is 0 Å². The predicted octanol–water partition coefficient (Wildman–Crippen LogP) is 5.22. The molecule has 3 rings (SSSR count). The third kappa shape index (κ3) is 6.11. The van der Waals surface area contributed by atoms with Gasteiger partial charge in [0.05, 0.1) is 0 Å². The van der Waals surface area contributed by atoms with Gasteiger partial charge in [0.15, 0.2) is 6.29 Å². The molecule has 0 bridgehead atoms. The summed E-state index contributed by atoms with van der Waals surface area (Å²) in [4.78, 5) is 0. The summed E-state index contributed by atoms with van der Waals surface area (Å²) < 4.78 is 18.0. The van der Waals surface area contributed by atoms with Crippen molar-refractivity contribution in [2.24, 2.45) is 11.3 Å². The third-order valence-electron chi connectivity index (χ3n) is 6.43. The predicted molar refractivity (Wildman–Crippen MR) is 134 cm³/mol. The normalized spacial score (nSPS) is 18.0. The van der Waals surface area contributed by atoms with Gasteiger partial charge in [0, 0.05) is 18.9 Å². The van der Waals surface area contributed by atoms with Crippen LogP contribution in [0.5, 0.6) is 0 Å². The Morgan fingerprint density at radius 2 is 1.59 bits per heavy atom. The molecule has 4 heteroatoms. The maximum absolute atomic E-state index is 6.61. The average Bonchev–Trinajstić information content (AvgIpc) is 2.82. The standard InChI is InChI=1S/C28H38O3Si/c1-27(2,3)25(19-11-6-13-21-29-26-20-12-14-22-30-26)28(31-32,23-15-7-4-8-16-23)24-17-9-5-10-18-24/h4-5,7-10,15-18,25-26H,11-12,14,19-22H2,1-3,32H3. The Hall–Kier alpha value is -1.90. The Morgan fingerprint density at radius 1 is 0.969 bits per heavy atom. The molecular formula is C28H38O3Si. The molecule has 2 unspecified atom stereocenters. The van der Waals surface area contributed by atoms with Crippen LogP contribution in [0.3, 0.4) is 0 Å². The van der Waals surface area contributed by atoms with Crippen molar-refractivity contribution in [2.45, 2.75) is 64.8 Å². The number of hydrogen-bond acceptors (Lipinski definition) is 3. The van der Waals surface area contributed by atoms with E-state index in [2.05, 4.69) is 93.3 Å². The molecule has 1 aliphatic rings. The van der Waals surface area contributed by atoms with Crippen LogP contribution in [0.4, 0.5) is 0 Å². The minimum Gasteiger partial charge on any atom is -0.414 e. The minimum atomic E-state index is -0.485. The van der Waals surface area contributed by atoms with E-state index in [0.717, 1.165) is 32.3 Å². The topological polar surface area (TPSA) is 27.7 Å². The highest BCUT2D eigenvalue weighted by Gasteiger charge is 2.46. The van der Waals surface area contributed by atoms with Crippen molar-refractivity contribution >= 4 is 10.5 Å². The van der Waals surface area contributed by atoms with Crippen LogP contribution < -0.4 is 0 Å². The van der Waals surface area contributed by atoms with Crippen molar-refractivity contribution in [3.63, 3.8) is 0 Å². The Kier molecular flexibility index (Phi) is 9.13. The molecule has 0 radical (unpaired) electrons. The van der Waals surface area contributed by atoms with Gasteiger partial charge in [0.25, 0.3) is 0 Å². The van der Waals surface area contributed by atoms with Crippen LogP contribution in [0, 0.1) is 23.2 Å². The molecule has 3 nitrogen and oxygen atoms in total. The lowest BCUT2D eigenvalue weighted by Crippen LogP contribution is -2.45. The first-order chi connectivity index (χ1) is 15.5. The third-order valence-corrected chi connectivity index (χ3v) is 7.07. The molecule has 0 saturated carbocycles. The van der Waals surface area contributed by atoms with Gasteiger partial charge in [-0.1, -0.05) is 87.4 Å². The van der Waals surface area contributed by atoms with Crippen molar-refractivity contribution in [3.8, 4) is 11.8 Å². The molecule has 1 aliphatic heterocycles. The molecule has 1 saturated heterocycles. The molecule has 32 heavy (non-hydrogen) atoms. The number of benzene rings is 2. The summed E-state index contributed by atoms with van der Waals surface area (Å²) >= 11 is 0. The van der Waals surface area contributed by atoms with Crippen LogP contribution in [0.1, 0.15) is 64.0 Å². The van der Waals surface area contributed by atoms with Crippen LogP contribution in [0.25, 0.3) is 0 Å². The van der Waals surface area contributed by atoms with Gasteiger partial charge < -0.3 is 13.9 Å². The molecule has 2 atom stereocenters. The van der Waals surface area contributed by atoms with Crippen molar-refractivity contribution in [1.29, 1.82) is 0 Å². The Labute approximate surface area is 197 Å². The van der Waals surface area contributed by atoms with E-state index in [1.54, 1.807) is 0 Å². The molecule has 0 N–H and O–H groups in total. The lowest BCUT2D eigenvalue weighted by Gasteiger charge is -2.47. The van der Waals surface area contributed by atoms with Gasteiger partial charge in [-0.2, -0.15) is 0 Å².